The van der Waals surface area contributed by atoms with E-state index in [1.165, 1.54) is 10.7 Å². The van der Waals surface area contributed by atoms with Crippen LogP contribution in [0.3, 0.4) is 0 Å². The van der Waals surface area contributed by atoms with Gasteiger partial charge in [-0.1, -0.05) is 35.9 Å². The normalized spacial score (nSPS) is 12.1. The van der Waals surface area contributed by atoms with Crippen LogP contribution in [-0.2, 0) is 0 Å². The van der Waals surface area contributed by atoms with E-state index < -0.39 is 6.04 Å². The molecule has 1 unspecified atom stereocenters. The van der Waals surface area contributed by atoms with Crippen molar-refractivity contribution in [1.82, 2.24) is 9.78 Å². The Labute approximate surface area is 138 Å². The summed E-state index contributed by atoms with van der Waals surface area (Å²) in [5.41, 5.74) is 2.09. The van der Waals surface area contributed by atoms with Gasteiger partial charge in [0.25, 0.3) is 5.56 Å². The molecular formula is C18H16N2O2S. The van der Waals surface area contributed by atoms with Crippen molar-refractivity contribution in [2.75, 3.05) is 0 Å². The molecule has 1 aromatic carbocycles. The summed E-state index contributed by atoms with van der Waals surface area (Å²) in [5, 5.41) is 6.32. The lowest BCUT2D eigenvalue weighted by atomic mass is 10.0. The number of rotatable bonds is 4. The number of ketones is 1. The smallest absolute Gasteiger partial charge is 0.267 e. The topological polar surface area (TPSA) is 52.0 Å². The van der Waals surface area contributed by atoms with Gasteiger partial charge >= 0.3 is 0 Å². The van der Waals surface area contributed by atoms with Crippen molar-refractivity contribution in [3.63, 3.8) is 0 Å². The fraction of sp³-hybridized carbons (Fsp3) is 0.167. The molecule has 3 aromatic rings. The number of aryl methyl sites for hydroxylation is 1. The van der Waals surface area contributed by atoms with Gasteiger partial charge < -0.3 is 0 Å². The first kappa shape index (κ1) is 15.4. The molecule has 0 aliphatic rings. The van der Waals surface area contributed by atoms with Crippen molar-refractivity contribution in [2.45, 2.75) is 19.9 Å². The lowest BCUT2D eigenvalue weighted by molar-refractivity contribution is 0.0925. The van der Waals surface area contributed by atoms with Gasteiger partial charge in [-0.05, 0) is 31.4 Å². The summed E-state index contributed by atoms with van der Waals surface area (Å²) < 4.78 is 1.26. The average Bonchev–Trinajstić information content (AvgIpc) is 3.09. The zero-order valence-corrected chi connectivity index (χ0v) is 13.7. The summed E-state index contributed by atoms with van der Waals surface area (Å²) in [6.07, 6.45) is 0. The molecule has 5 heteroatoms. The van der Waals surface area contributed by atoms with Gasteiger partial charge in [0, 0.05) is 11.6 Å². The van der Waals surface area contributed by atoms with Crippen LogP contribution in [0.1, 0.15) is 28.9 Å². The van der Waals surface area contributed by atoms with Gasteiger partial charge in [0.05, 0.1) is 4.88 Å². The fourth-order valence-corrected chi connectivity index (χ4v) is 3.02. The zero-order valence-electron chi connectivity index (χ0n) is 12.9. The molecule has 3 rings (SSSR count). The van der Waals surface area contributed by atoms with Gasteiger partial charge in [0.2, 0.25) is 0 Å². The third-order valence-corrected chi connectivity index (χ3v) is 4.57. The van der Waals surface area contributed by atoms with E-state index in [0.29, 0.717) is 11.3 Å². The molecule has 0 saturated carbocycles. The van der Waals surface area contributed by atoms with E-state index in [0.717, 1.165) is 10.4 Å². The van der Waals surface area contributed by atoms with E-state index in [4.69, 9.17) is 0 Å². The maximum absolute atomic E-state index is 12.6. The Morgan fingerprint density at radius 2 is 1.87 bits per heavy atom. The van der Waals surface area contributed by atoms with Crippen LogP contribution in [0.2, 0.25) is 0 Å². The molecule has 0 bridgehead atoms. The number of Topliss-reactive ketones (excluding diaryl/α,β-unsaturated/α-hetero) is 1. The Hall–Kier alpha value is -2.53. The van der Waals surface area contributed by atoms with Crippen molar-refractivity contribution >= 4 is 17.1 Å². The molecular weight excluding hydrogens is 308 g/mol. The Balaban J connectivity index is 1.97. The van der Waals surface area contributed by atoms with Crippen LogP contribution >= 0.6 is 11.3 Å². The minimum Gasteiger partial charge on any atom is -0.292 e. The number of benzene rings is 1. The van der Waals surface area contributed by atoms with E-state index in [2.05, 4.69) is 5.10 Å². The Kier molecular flexibility index (Phi) is 4.21. The second kappa shape index (κ2) is 6.30. The molecule has 0 saturated heterocycles. The molecule has 4 nitrogen and oxygen atoms in total. The molecule has 0 amide bonds. The van der Waals surface area contributed by atoms with Gasteiger partial charge in [-0.3, -0.25) is 9.59 Å². The number of aromatic nitrogens is 2. The van der Waals surface area contributed by atoms with Crippen molar-refractivity contribution in [2.24, 2.45) is 0 Å². The minimum absolute atomic E-state index is 0.122. The maximum Gasteiger partial charge on any atom is 0.267 e. The van der Waals surface area contributed by atoms with Crippen molar-refractivity contribution in [3.05, 3.63) is 75.4 Å². The van der Waals surface area contributed by atoms with Gasteiger partial charge in [-0.2, -0.15) is 5.10 Å². The first-order chi connectivity index (χ1) is 11.1. The predicted molar refractivity (Wildman–Crippen MR) is 92.0 cm³/mol. The molecule has 0 aliphatic carbocycles. The first-order valence-corrected chi connectivity index (χ1v) is 8.19. The third kappa shape index (κ3) is 3.14. The number of hydrogen-bond acceptors (Lipinski definition) is 4. The lowest BCUT2D eigenvalue weighted by Crippen LogP contribution is -2.30. The van der Waals surface area contributed by atoms with Crippen LogP contribution < -0.4 is 5.56 Å². The second-order valence-electron chi connectivity index (χ2n) is 5.38. The average molecular weight is 324 g/mol. The third-order valence-electron chi connectivity index (χ3n) is 3.68. The van der Waals surface area contributed by atoms with Crippen LogP contribution in [0.25, 0.3) is 10.6 Å². The minimum atomic E-state index is -0.648. The molecule has 2 aromatic heterocycles. The van der Waals surface area contributed by atoms with Gasteiger partial charge in [0.1, 0.15) is 11.7 Å². The maximum atomic E-state index is 12.6. The summed E-state index contributed by atoms with van der Waals surface area (Å²) in [6, 6.07) is 13.7. The molecule has 1 atom stereocenters. The van der Waals surface area contributed by atoms with E-state index in [1.54, 1.807) is 36.5 Å². The molecule has 0 radical (unpaired) electrons. The van der Waals surface area contributed by atoms with Crippen LogP contribution in [-0.4, -0.2) is 15.6 Å². The number of hydrogen-bond donors (Lipinski definition) is 0. The summed E-state index contributed by atoms with van der Waals surface area (Å²) in [7, 11) is 0. The van der Waals surface area contributed by atoms with Crippen LogP contribution in [0.15, 0.2) is 58.7 Å². The molecule has 2 heterocycles. The van der Waals surface area contributed by atoms with Gasteiger partial charge in [-0.15, -0.1) is 11.3 Å². The monoisotopic (exact) mass is 324 g/mol. The summed E-state index contributed by atoms with van der Waals surface area (Å²) >= 11 is 1.55. The van der Waals surface area contributed by atoms with Crippen molar-refractivity contribution < 1.29 is 4.79 Å². The number of carbonyl (C=O) groups excluding carboxylic acids is 1. The molecule has 23 heavy (non-hydrogen) atoms. The van der Waals surface area contributed by atoms with Crippen LogP contribution in [0.5, 0.6) is 0 Å². The highest BCUT2D eigenvalue weighted by molar-refractivity contribution is 7.13. The second-order valence-corrected chi connectivity index (χ2v) is 6.33. The van der Waals surface area contributed by atoms with E-state index >= 15 is 0 Å². The summed E-state index contributed by atoms with van der Waals surface area (Å²) in [6.45, 7) is 3.67. The van der Waals surface area contributed by atoms with Gasteiger partial charge in [-0.25, -0.2) is 4.68 Å². The summed E-state index contributed by atoms with van der Waals surface area (Å²) in [5.74, 6) is -0.122. The Bertz CT molecular complexity index is 880. The predicted octanol–water partition coefficient (Wildman–Crippen LogP) is 3.72. The number of nitrogens with zero attached hydrogens (tertiary/aromatic N) is 2. The van der Waals surface area contributed by atoms with Crippen LogP contribution in [0, 0.1) is 6.92 Å². The Morgan fingerprint density at radius 1 is 1.13 bits per heavy atom. The SMILES string of the molecule is Cc1ccc(C(=O)C(C)n2nc(-c3cccs3)ccc2=O)cc1. The summed E-state index contributed by atoms with van der Waals surface area (Å²) in [4.78, 5) is 25.7. The lowest BCUT2D eigenvalue weighted by Gasteiger charge is -2.13. The van der Waals surface area contributed by atoms with Gasteiger partial charge in [0.15, 0.2) is 5.78 Å². The van der Waals surface area contributed by atoms with Crippen molar-refractivity contribution in [1.29, 1.82) is 0 Å². The zero-order chi connectivity index (χ0) is 16.4. The molecule has 116 valence electrons. The van der Waals surface area contributed by atoms with Crippen LogP contribution in [0.4, 0.5) is 0 Å². The highest BCUT2D eigenvalue weighted by Gasteiger charge is 2.19. The number of carbonyl (C=O) groups is 1. The van der Waals surface area contributed by atoms with E-state index in [-0.39, 0.29) is 11.3 Å². The molecule has 0 spiro atoms. The van der Waals surface area contributed by atoms with E-state index in [9.17, 15) is 9.59 Å². The first-order valence-electron chi connectivity index (χ1n) is 7.31. The molecule has 0 fully saturated rings. The molecule has 0 aliphatic heterocycles. The number of thiophene rings is 1. The van der Waals surface area contributed by atoms with E-state index in [1.807, 2.05) is 36.6 Å². The highest BCUT2D eigenvalue weighted by Crippen LogP contribution is 2.22. The quantitative estimate of drug-likeness (QED) is 0.687. The molecule has 0 N–H and O–H groups in total. The standard InChI is InChI=1S/C18H16N2O2S/c1-12-5-7-14(8-6-12)18(22)13(2)20-17(21)10-9-15(19-20)16-4-3-11-23-16/h3-11,13H,1-2H3. The fourth-order valence-electron chi connectivity index (χ4n) is 2.33. The highest BCUT2D eigenvalue weighted by atomic mass is 32.1. The Morgan fingerprint density at radius 3 is 2.52 bits per heavy atom. The van der Waals surface area contributed by atoms with Crippen molar-refractivity contribution in [3.8, 4) is 10.6 Å². The largest absolute Gasteiger partial charge is 0.292 e.